The maximum atomic E-state index is 11.8. The van der Waals surface area contributed by atoms with Crippen molar-refractivity contribution in [3.63, 3.8) is 0 Å². The predicted molar refractivity (Wildman–Crippen MR) is 84.0 cm³/mol. The average molecular weight is 302 g/mol. The molecule has 0 radical (unpaired) electrons. The van der Waals surface area contributed by atoms with E-state index in [0.717, 1.165) is 5.56 Å². The second-order valence-corrected chi connectivity index (χ2v) is 4.89. The van der Waals surface area contributed by atoms with Crippen LogP contribution in [0.4, 0.5) is 0 Å². The largest absolute Gasteiger partial charge is 0.352 e. The van der Waals surface area contributed by atoms with Crippen LogP contribution >= 0.6 is 11.6 Å². The Kier molecular flexibility index (Phi) is 5.52. The van der Waals surface area contributed by atoms with Crippen LogP contribution in [0.3, 0.4) is 0 Å². The van der Waals surface area contributed by atoms with Gasteiger partial charge in [0.2, 0.25) is 0 Å². The number of Topliss-reactive ketones (excluding diaryl/α,β-unsaturated/α-hetero) is 1. The van der Waals surface area contributed by atoms with Crippen LogP contribution in [-0.2, 0) is 6.42 Å². The topological polar surface area (TPSA) is 46.2 Å². The first-order valence-electron chi connectivity index (χ1n) is 6.72. The fourth-order valence-electron chi connectivity index (χ4n) is 1.95. The lowest BCUT2D eigenvalue weighted by Crippen LogP contribution is -2.25. The van der Waals surface area contributed by atoms with Crippen LogP contribution < -0.4 is 5.32 Å². The van der Waals surface area contributed by atoms with Gasteiger partial charge in [0, 0.05) is 17.7 Å². The lowest BCUT2D eigenvalue weighted by atomic mass is 10.1. The van der Waals surface area contributed by atoms with Gasteiger partial charge >= 0.3 is 0 Å². The van der Waals surface area contributed by atoms with E-state index in [1.54, 1.807) is 24.3 Å². The number of hydrogen-bond donors (Lipinski definition) is 1. The molecule has 0 aromatic heterocycles. The first-order valence-corrected chi connectivity index (χ1v) is 7.25. The van der Waals surface area contributed by atoms with Crippen molar-refractivity contribution in [3.05, 3.63) is 71.3 Å². The monoisotopic (exact) mass is 301 g/mol. The van der Waals surface area contributed by atoms with Crippen LogP contribution in [0.1, 0.15) is 26.3 Å². The van der Waals surface area contributed by atoms with E-state index in [-0.39, 0.29) is 17.6 Å². The van der Waals surface area contributed by atoms with Gasteiger partial charge in [-0.05, 0) is 24.1 Å². The van der Waals surface area contributed by atoms with Gasteiger partial charge in [-0.15, -0.1) is 11.6 Å². The molecule has 0 fully saturated rings. The summed E-state index contributed by atoms with van der Waals surface area (Å²) in [5, 5.41) is 2.87. The number of nitrogens with one attached hydrogen (secondary N) is 1. The third-order valence-electron chi connectivity index (χ3n) is 3.13. The van der Waals surface area contributed by atoms with Crippen molar-refractivity contribution in [1.82, 2.24) is 5.32 Å². The maximum Gasteiger partial charge on any atom is 0.251 e. The van der Waals surface area contributed by atoms with Crippen LogP contribution in [0.2, 0.25) is 0 Å². The van der Waals surface area contributed by atoms with Gasteiger partial charge in [0.1, 0.15) is 0 Å². The maximum absolute atomic E-state index is 11.8. The van der Waals surface area contributed by atoms with Gasteiger partial charge in [-0.3, -0.25) is 9.59 Å². The molecule has 2 aromatic rings. The minimum atomic E-state index is -0.0828. The van der Waals surface area contributed by atoms with Crippen molar-refractivity contribution in [2.45, 2.75) is 6.42 Å². The van der Waals surface area contributed by atoms with Gasteiger partial charge in [0.05, 0.1) is 5.88 Å². The molecule has 0 unspecified atom stereocenters. The fourth-order valence-corrected chi connectivity index (χ4v) is 2.10. The number of hydrogen-bond acceptors (Lipinski definition) is 2. The lowest BCUT2D eigenvalue weighted by molar-refractivity contribution is 0.0953. The minimum absolute atomic E-state index is 0.00746. The number of benzene rings is 2. The second-order valence-electron chi connectivity index (χ2n) is 4.63. The fraction of sp³-hybridized carbons (Fsp3) is 0.176. The summed E-state index contributed by atoms with van der Waals surface area (Å²) in [5.74, 6) is -0.169. The Bertz CT molecular complexity index is 608. The van der Waals surface area contributed by atoms with E-state index in [1.165, 1.54) is 0 Å². The molecular formula is C17H16ClNO2. The number of carbonyl (C=O) groups excluding carboxylic acids is 2. The number of ketones is 1. The summed E-state index contributed by atoms with van der Waals surface area (Å²) >= 11 is 5.51. The Morgan fingerprint density at radius 2 is 1.57 bits per heavy atom. The zero-order valence-corrected chi connectivity index (χ0v) is 12.3. The highest BCUT2D eigenvalue weighted by Crippen LogP contribution is 2.07. The predicted octanol–water partition coefficient (Wildman–Crippen LogP) is 3.08. The quantitative estimate of drug-likeness (QED) is 0.658. The number of amides is 1. The highest BCUT2D eigenvalue weighted by Gasteiger charge is 2.05. The molecule has 108 valence electrons. The minimum Gasteiger partial charge on any atom is -0.352 e. The zero-order chi connectivity index (χ0) is 15.1. The molecule has 4 heteroatoms. The standard InChI is InChI=1S/C17H16ClNO2/c18-12-16(20)14-8-6-13(7-9-14)10-11-19-17(21)15-4-2-1-3-5-15/h1-9H,10-12H2,(H,19,21). The van der Waals surface area contributed by atoms with Crippen molar-refractivity contribution in [1.29, 1.82) is 0 Å². The number of rotatable bonds is 6. The zero-order valence-electron chi connectivity index (χ0n) is 11.5. The lowest BCUT2D eigenvalue weighted by Gasteiger charge is -2.06. The highest BCUT2D eigenvalue weighted by molar-refractivity contribution is 6.30. The Morgan fingerprint density at radius 1 is 0.905 bits per heavy atom. The van der Waals surface area contributed by atoms with Crippen molar-refractivity contribution in [2.75, 3.05) is 12.4 Å². The van der Waals surface area contributed by atoms with E-state index in [9.17, 15) is 9.59 Å². The van der Waals surface area contributed by atoms with Crippen molar-refractivity contribution >= 4 is 23.3 Å². The van der Waals surface area contributed by atoms with Gasteiger partial charge in [-0.2, -0.15) is 0 Å². The van der Waals surface area contributed by atoms with Crippen LogP contribution in [-0.4, -0.2) is 24.1 Å². The summed E-state index contributed by atoms with van der Waals surface area (Å²) in [5.41, 5.74) is 2.33. The van der Waals surface area contributed by atoms with Gasteiger partial charge < -0.3 is 5.32 Å². The molecule has 2 rings (SSSR count). The number of alkyl halides is 1. The molecule has 0 spiro atoms. The van der Waals surface area contributed by atoms with Crippen molar-refractivity contribution < 1.29 is 9.59 Å². The smallest absolute Gasteiger partial charge is 0.251 e. The van der Waals surface area contributed by atoms with E-state index in [2.05, 4.69) is 5.32 Å². The molecule has 2 aromatic carbocycles. The summed E-state index contributed by atoms with van der Waals surface area (Å²) in [7, 11) is 0. The summed E-state index contributed by atoms with van der Waals surface area (Å²) in [6.07, 6.45) is 0.716. The highest BCUT2D eigenvalue weighted by atomic mass is 35.5. The van der Waals surface area contributed by atoms with Crippen molar-refractivity contribution in [3.8, 4) is 0 Å². The summed E-state index contributed by atoms with van der Waals surface area (Å²) in [6.45, 7) is 0.552. The Labute approximate surface area is 128 Å². The van der Waals surface area contributed by atoms with Crippen molar-refractivity contribution in [2.24, 2.45) is 0 Å². The molecule has 21 heavy (non-hydrogen) atoms. The number of carbonyl (C=O) groups is 2. The van der Waals surface area contributed by atoms with Crippen LogP contribution in [0.5, 0.6) is 0 Å². The summed E-state index contributed by atoms with van der Waals surface area (Å²) in [4.78, 5) is 23.2. The first-order chi connectivity index (χ1) is 10.2. The van der Waals surface area contributed by atoms with Gasteiger partial charge in [-0.25, -0.2) is 0 Å². The van der Waals surface area contributed by atoms with E-state index in [1.807, 2.05) is 30.3 Å². The molecule has 0 atom stereocenters. The third kappa shape index (κ3) is 4.43. The Hall–Kier alpha value is -2.13. The SMILES string of the molecule is O=C(CCl)c1ccc(CCNC(=O)c2ccccc2)cc1. The molecule has 0 heterocycles. The molecule has 1 N–H and O–H groups in total. The molecule has 0 aliphatic heterocycles. The van der Waals surface area contributed by atoms with Gasteiger partial charge in [0.25, 0.3) is 5.91 Å². The van der Waals surface area contributed by atoms with Gasteiger partial charge in [-0.1, -0.05) is 42.5 Å². The van der Waals surface area contributed by atoms with E-state index in [4.69, 9.17) is 11.6 Å². The normalized spacial score (nSPS) is 10.1. The van der Waals surface area contributed by atoms with E-state index >= 15 is 0 Å². The third-order valence-corrected chi connectivity index (χ3v) is 3.38. The molecule has 0 bridgehead atoms. The Balaban J connectivity index is 1.84. The molecule has 1 amide bonds. The average Bonchev–Trinajstić information content (AvgIpc) is 2.55. The van der Waals surface area contributed by atoms with Gasteiger partial charge in [0.15, 0.2) is 5.78 Å². The first kappa shape index (κ1) is 15.3. The second kappa shape index (κ2) is 7.60. The Morgan fingerprint density at radius 3 is 2.19 bits per heavy atom. The van der Waals surface area contributed by atoms with E-state index < -0.39 is 0 Å². The van der Waals surface area contributed by atoms with Crippen LogP contribution in [0.25, 0.3) is 0 Å². The molecular weight excluding hydrogens is 286 g/mol. The van der Waals surface area contributed by atoms with Crippen LogP contribution in [0.15, 0.2) is 54.6 Å². The van der Waals surface area contributed by atoms with E-state index in [0.29, 0.717) is 24.1 Å². The summed E-state index contributed by atoms with van der Waals surface area (Å²) in [6, 6.07) is 16.4. The van der Waals surface area contributed by atoms with Crippen LogP contribution in [0, 0.1) is 0 Å². The summed E-state index contributed by atoms with van der Waals surface area (Å²) < 4.78 is 0. The molecule has 0 aliphatic carbocycles. The molecule has 0 saturated carbocycles. The number of halogens is 1. The molecule has 0 aliphatic rings. The molecule has 3 nitrogen and oxygen atoms in total. The molecule has 0 saturated heterocycles.